The normalized spacial score (nSPS) is 10.1. The van der Waals surface area contributed by atoms with E-state index in [1.54, 1.807) is 72.8 Å². The van der Waals surface area contributed by atoms with Crippen LogP contribution >= 0.6 is 11.6 Å². The maximum Gasteiger partial charge on any atom is 0.323 e. The summed E-state index contributed by atoms with van der Waals surface area (Å²) in [5, 5.41) is 6.01. The number of nitrogens with one attached hydrogen (secondary N) is 2. The van der Waals surface area contributed by atoms with Gasteiger partial charge in [0.15, 0.2) is 5.78 Å². The van der Waals surface area contributed by atoms with Crippen LogP contribution in [-0.2, 0) is 0 Å². The van der Waals surface area contributed by atoms with Crippen LogP contribution in [0.1, 0.15) is 15.9 Å². The molecule has 3 aromatic rings. The first-order valence-corrected chi connectivity index (χ1v) is 8.03. The van der Waals surface area contributed by atoms with Crippen LogP contribution < -0.4 is 10.6 Å². The van der Waals surface area contributed by atoms with Gasteiger partial charge >= 0.3 is 6.03 Å². The van der Waals surface area contributed by atoms with Crippen molar-refractivity contribution < 1.29 is 9.59 Å². The van der Waals surface area contributed by atoms with Gasteiger partial charge in [0.2, 0.25) is 0 Å². The van der Waals surface area contributed by atoms with E-state index >= 15 is 0 Å². The molecule has 0 spiro atoms. The van der Waals surface area contributed by atoms with Gasteiger partial charge in [-0.1, -0.05) is 54.1 Å². The van der Waals surface area contributed by atoms with Crippen LogP contribution in [0.15, 0.2) is 78.9 Å². The maximum absolute atomic E-state index is 12.7. The Labute approximate surface area is 150 Å². The average Bonchev–Trinajstić information content (AvgIpc) is 2.64. The summed E-state index contributed by atoms with van der Waals surface area (Å²) >= 11 is 5.83. The Hall–Kier alpha value is -3.11. The van der Waals surface area contributed by atoms with Gasteiger partial charge in [0, 0.05) is 21.8 Å². The lowest BCUT2D eigenvalue weighted by atomic mass is 10.0. The third-order valence-corrected chi connectivity index (χ3v) is 3.81. The van der Waals surface area contributed by atoms with E-state index in [0.29, 0.717) is 27.5 Å². The van der Waals surface area contributed by atoms with Gasteiger partial charge in [0.25, 0.3) is 0 Å². The topological polar surface area (TPSA) is 58.2 Å². The van der Waals surface area contributed by atoms with Crippen LogP contribution in [0.25, 0.3) is 0 Å². The molecule has 0 radical (unpaired) electrons. The highest BCUT2D eigenvalue weighted by atomic mass is 35.5. The Kier molecular flexibility index (Phi) is 5.11. The molecule has 2 amide bonds. The maximum atomic E-state index is 12.7. The van der Waals surface area contributed by atoms with Crippen molar-refractivity contribution in [3.63, 3.8) is 0 Å². The van der Waals surface area contributed by atoms with Gasteiger partial charge in [-0.25, -0.2) is 4.79 Å². The minimum Gasteiger partial charge on any atom is -0.308 e. The number of anilines is 2. The Bertz CT molecular complexity index is 893. The number of hydrogen-bond acceptors (Lipinski definition) is 2. The first kappa shape index (κ1) is 16.7. The lowest BCUT2D eigenvalue weighted by Gasteiger charge is -2.11. The zero-order valence-corrected chi connectivity index (χ0v) is 14.0. The Morgan fingerprint density at radius 3 is 2.08 bits per heavy atom. The summed E-state index contributed by atoms with van der Waals surface area (Å²) in [6.07, 6.45) is 0. The van der Waals surface area contributed by atoms with E-state index in [2.05, 4.69) is 10.6 Å². The first-order valence-electron chi connectivity index (χ1n) is 7.66. The molecule has 0 saturated carbocycles. The van der Waals surface area contributed by atoms with Gasteiger partial charge in [-0.15, -0.1) is 0 Å². The van der Waals surface area contributed by atoms with E-state index in [0.717, 1.165) is 0 Å². The third-order valence-electron chi connectivity index (χ3n) is 3.56. The molecule has 0 aliphatic heterocycles. The molecule has 0 aliphatic rings. The number of urea groups is 1. The number of carbonyl (C=O) groups excluding carboxylic acids is 2. The molecular formula is C20H15ClN2O2. The zero-order chi connectivity index (χ0) is 17.6. The Morgan fingerprint density at radius 1 is 0.720 bits per heavy atom. The largest absolute Gasteiger partial charge is 0.323 e. The molecule has 5 heteroatoms. The van der Waals surface area contributed by atoms with Crippen LogP contribution in [0.4, 0.5) is 16.2 Å². The highest BCUT2D eigenvalue weighted by Crippen LogP contribution is 2.20. The molecule has 0 atom stereocenters. The summed E-state index contributed by atoms with van der Waals surface area (Å²) in [6, 6.07) is 22.2. The van der Waals surface area contributed by atoms with E-state index in [1.165, 1.54) is 0 Å². The smallest absolute Gasteiger partial charge is 0.308 e. The molecule has 0 aromatic heterocycles. The number of halogens is 1. The molecule has 0 heterocycles. The van der Waals surface area contributed by atoms with Crippen molar-refractivity contribution in [2.45, 2.75) is 0 Å². The van der Waals surface area contributed by atoms with Crippen molar-refractivity contribution >= 4 is 34.8 Å². The van der Waals surface area contributed by atoms with Crippen molar-refractivity contribution in [1.29, 1.82) is 0 Å². The predicted octanol–water partition coefficient (Wildman–Crippen LogP) is 5.22. The standard InChI is InChI=1S/C20H15ClN2O2/c21-15-10-12-16(13-11-15)22-20(25)23-18-9-5-4-8-17(18)19(24)14-6-2-1-3-7-14/h1-13H,(H2,22,23,25). The lowest BCUT2D eigenvalue weighted by molar-refractivity contribution is 0.103. The van der Waals surface area contributed by atoms with Gasteiger partial charge in [-0.2, -0.15) is 0 Å². The van der Waals surface area contributed by atoms with Crippen molar-refractivity contribution in [3.8, 4) is 0 Å². The van der Waals surface area contributed by atoms with Crippen molar-refractivity contribution in [1.82, 2.24) is 0 Å². The van der Waals surface area contributed by atoms with E-state index < -0.39 is 6.03 Å². The molecule has 124 valence electrons. The van der Waals surface area contributed by atoms with Gasteiger partial charge in [0.05, 0.1) is 5.69 Å². The molecule has 0 bridgehead atoms. The fourth-order valence-corrected chi connectivity index (χ4v) is 2.48. The fourth-order valence-electron chi connectivity index (χ4n) is 2.35. The van der Waals surface area contributed by atoms with Crippen molar-refractivity contribution in [2.75, 3.05) is 10.6 Å². The van der Waals surface area contributed by atoms with Crippen molar-refractivity contribution in [2.24, 2.45) is 0 Å². The molecule has 3 rings (SSSR count). The monoisotopic (exact) mass is 350 g/mol. The van der Waals surface area contributed by atoms with Gasteiger partial charge in [-0.3, -0.25) is 4.79 Å². The number of ketones is 1. The average molecular weight is 351 g/mol. The van der Waals surface area contributed by atoms with Gasteiger partial charge < -0.3 is 10.6 Å². The number of rotatable bonds is 4. The molecule has 25 heavy (non-hydrogen) atoms. The lowest BCUT2D eigenvalue weighted by Crippen LogP contribution is -2.21. The molecule has 3 aromatic carbocycles. The summed E-state index contributed by atoms with van der Waals surface area (Å²) in [7, 11) is 0. The minimum atomic E-state index is -0.435. The van der Waals surface area contributed by atoms with Crippen LogP contribution in [0.3, 0.4) is 0 Å². The van der Waals surface area contributed by atoms with Crippen LogP contribution in [0.2, 0.25) is 5.02 Å². The summed E-state index contributed by atoms with van der Waals surface area (Å²) in [4.78, 5) is 24.9. The Morgan fingerprint density at radius 2 is 1.36 bits per heavy atom. The second-order valence-electron chi connectivity index (χ2n) is 5.33. The molecular weight excluding hydrogens is 336 g/mol. The first-order chi connectivity index (χ1) is 12.1. The number of benzene rings is 3. The second kappa shape index (κ2) is 7.64. The van der Waals surface area contributed by atoms with E-state index in [1.807, 2.05) is 6.07 Å². The van der Waals surface area contributed by atoms with Crippen LogP contribution in [-0.4, -0.2) is 11.8 Å². The molecule has 0 unspecified atom stereocenters. The molecule has 0 saturated heterocycles. The SMILES string of the molecule is O=C(Nc1ccc(Cl)cc1)Nc1ccccc1C(=O)c1ccccc1. The molecule has 0 aliphatic carbocycles. The predicted molar refractivity (Wildman–Crippen MR) is 100 cm³/mol. The number of carbonyl (C=O) groups is 2. The molecule has 0 fully saturated rings. The molecule has 4 nitrogen and oxygen atoms in total. The summed E-state index contributed by atoms with van der Waals surface area (Å²) in [5.41, 5.74) is 2.05. The summed E-state index contributed by atoms with van der Waals surface area (Å²) in [6.45, 7) is 0. The van der Waals surface area contributed by atoms with Crippen molar-refractivity contribution in [3.05, 3.63) is 95.0 Å². The Balaban J connectivity index is 1.78. The molecule has 2 N–H and O–H groups in total. The summed E-state index contributed by atoms with van der Waals surface area (Å²) in [5.74, 6) is -0.150. The van der Waals surface area contributed by atoms with Crippen LogP contribution in [0.5, 0.6) is 0 Å². The number of hydrogen-bond donors (Lipinski definition) is 2. The van der Waals surface area contributed by atoms with Crippen LogP contribution in [0, 0.1) is 0 Å². The van der Waals surface area contributed by atoms with E-state index in [4.69, 9.17) is 11.6 Å². The quantitative estimate of drug-likeness (QED) is 0.634. The second-order valence-corrected chi connectivity index (χ2v) is 5.76. The minimum absolute atomic E-state index is 0.150. The zero-order valence-electron chi connectivity index (χ0n) is 13.2. The van der Waals surface area contributed by atoms with Gasteiger partial charge in [-0.05, 0) is 36.4 Å². The highest BCUT2D eigenvalue weighted by molar-refractivity contribution is 6.30. The number of amides is 2. The number of para-hydroxylation sites is 1. The third kappa shape index (κ3) is 4.25. The summed E-state index contributed by atoms with van der Waals surface area (Å²) < 4.78 is 0. The van der Waals surface area contributed by atoms with E-state index in [9.17, 15) is 9.59 Å². The highest BCUT2D eigenvalue weighted by Gasteiger charge is 2.14. The van der Waals surface area contributed by atoms with E-state index in [-0.39, 0.29) is 5.78 Å². The van der Waals surface area contributed by atoms with Gasteiger partial charge in [0.1, 0.15) is 0 Å². The fraction of sp³-hybridized carbons (Fsp3) is 0.